The molecule has 2 aromatic carbocycles. The first kappa shape index (κ1) is 19.7. The van der Waals surface area contributed by atoms with Crippen LogP contribution in [0, 0.1) is 0 Å². The molecule has 3 aliphatic rings. The number of benzene rings is 2. The Kier molecular flexibility index (Phi) is 4.33. The Morgan fingerprint density at radius 1 is 0.970 bits per heavy atom. The normalized spacial score (nSPS) is 21.5. The minimum absolute atomic E-state index is 0.00741. The molecule has 0 radical (unpaired) electrons. The summed E-state index contributed by atoms with van der Waals surface area (Å²) >= 11 is 0. The Balaban J connectivity index is 1.65. The molecule has 2 aliphatic heterocycles. The second-order valence-corrected chi connectivity index (χ2v) is 8.70. The van der Waals surface area contributed by atoms with Crippen molar-refractivity contribution >= 4 is 5.91 Å². The number of rotatable bonds is 1. The van der Waals surface area contributed by atoms with Gasteiger partial charge in [0.15, 0.2) is 11.4 Å². The molecule has 1 fully saturated rings. The molecule has 6 rings (SSSR count). The van der Waals surface area contributed by atoms with Crippen LogP contribution in [0.3, 0.4) is 0 Å². The molecule has 1 N–H and O–H groups in total. The molecule has 1 atom stereocenters. The molecular formula is C26H23N3O4. The molecule has 166 valence electrons. The highest BCUT2D eigenvalue weighted by molar-refractivity contribution is 5.97. The van der Waals surface area contributed by atoms with E-state index < -0.39 is 16.7 Å². The molecule has 0 saturated heterocycles. The molecule has 1 aromatic heterocycles. The summed E-state index contributed by atoms with van der Waals surface area (Å²) in [6, 6.07) is 18.8. The summed E-state index contributed by atoms with van der Waals surface area (Å²) in [5.41, 5.74) is 0.916. The SMILES string of the molecule is O=C1c2c(O)c(=O)ccn2N2CN1C1(/C=C\COc3ccccc3[C@@H]2c2ccccc2)CC1. The quantitative estimate of drug-likeness (QED) is 0.587. The lowest BCUT2D eigenvalue weighted by molar-refractivity contribution is 0.0606. The van der Waals surface area contributed by atoms with Crippen LogP contribution in [0.4, 0.5) is 0 Å². The van der Waals surface area contributed by atoms with Crippen LogP contribution in [-0.4, -0.2) is 39.4 Å². The second kappa shape index (κ2) is 7.27. The molecule has 33 heavy (non-hydrogen) atoms. The number of fused-ring (bicyclic) bond motifs is 6. The molecule has 3 aromatic rings. The van der Waals surface area contributed by atoms with E-state index in [1.54, 1.807) is 15.8 Å². The molecule has 3 heterocycles. The summed E-state index contributed by atoms with van der Waals surface area (Å²) in [6.45, 7) is 0.685. The number of aromatic hydroxyl groups is 1. The fourth-order valence-electron chi connectivity index (χ4n) is 4.93. The monoisotopic (exact) mass is 441 g/mol. The van der Waals surface area contributed by atoms with Crippen LogP contribution in [0.5, 0.6) is 11.5 Å². The van der Waals surface area contributed by atoms with Gasteiger partial charge in [-0.1, -0.05) is 54.6 Å². The molecule has 0 unspecified atom stereocenters. The van der Waals surface area contributed by atoms with Crippen molar-refractivity contribution in [3.05, 3.63) is 106 Å². The molecule has 2 bridgehead atoms. The zero-order valence-corrected chi connectivity index (χ0v) is 17.9. The third kappa shape index (κ3) is 3.03. The first-order valence-electron chi connectivity index (χ1n) is 11.1. The predicted molar refractivity (Wildman–Crippen MR) is 123 cm³/mol. The Morgan fingerprint density at radius 2 is 1.73 bits per heavy atom. The number of para-hydroxylation sites is 1. The zero-order chi connectivity index (χ0) is 22.6. The highest BCUT2D eigenvalue weighted by Gasteiger charge is 2.52. The van der Waals surface area contributed by atoms with Gasteiger partial charge in [-0.2, -0.15) is 0 Å². The smallest absolute Gasteiger partial charge is 0.278 e. The van der Waals surface area contributed by atoms with E-state index in [0.717, 1.165) is 29.7 Å². The zero-order valence-electron chi connectivity index (χ0n) is 17.9. The molecule has 1 amide bonds. The van der Waals surface area contributed by atoms with Crippen molar-refractivity contribution < 1.29 is 14.6 Å². The number of hydrogen-bond donors (Lipinski definition) is 1. The number of carbonyl (C=O) groups is 1. The van der Waals surface area contributed by atoms with Gasteiger partial charge < -0.3 is 14.7 Å². The summed E-state index contributed by atoms with van der Waals surface area (Å²) < 4.78 is 7.80. The molecule has 7 nitrogen and oxygen atoms in total. The minimum Gasteiger partial charge on any atom is -0.502 e. The average molecular weight is 441 g/mol. The van der Waals surface area contributed by atoms with E-state index in [9.17, 15) is 14.7 Å². The third-order valence-electron chi connectivity index (χ3n) is 6.75. The van der Waals surface area contributed by atoms with Crippen molar-refractivity contribution in [3.63, 3.8) is 0 Å². The number of amides is 1. The molecule has 1 spiro atoms. The van der Waals surface area contributed by atoms with Gasteiger partial charge in [0.1, 0.15) is 25.1 Å². The fourth-order valence-corrected chi connectivity index (χ4v) is 4.93. The van der Waals surface area contributed by atoms with Crippen LogP contribution < -0.4 is 15.2 Å². The van der Waals surface area contributed by atoms with E-state index in [1.807, 2.05) is 71.8 Å². The van der Waals surface area contributed by atoms with Crippen LogP contribution in [0.2, 0.25) is 0 Å². The third-order valence-corrected chi connectivity index (χ3v) is 6.75. The fraction of sp³-hybridized carbons (Fsp3) is 0.231. The van der Waals surface area contributed by atoms with Crippen molar-refractivity contribution in [1.82, 2.24) is 9.58 Å². The Labute approximate surface area is 190 Å². The van der Waals surface area contributed by atoms with Crippen LogP contribution in [0.25, 0.3) is 0 Å². The summed E-state index contributed by atoms with van der Waals surface area (Å²) in [4.78, 5) is 27.7. The minimum atomic E-state index is -0.568. The standard InChI is InChI=1S/C26H23N3O4/c30-20-11-15-28-23(24(20)31)25(32)27-17-29(28)22(18-7-2-1-3-8-18)19-9-4-5-10-21(19)33-16-6-12-26(27)13-14-26/h1-12,15,22,31H,13-14,16-17H2/b12-6-/t22-/m0/s1. The van der Waals surface area contributed by atoms with E-state index in [4.69, 9.17) is 4.74 Å². The van der Waals surface area contributed by atoms with Crippen molar-refractivity contribution in [3.8, 4) is 11.5 Å². The Hall–Kier alpha value is -4.00. The summed E-state index contributed by atoms with van der Waals surface area (Å²) in [6.07, 6.45) is 7.20. The molecule has 1 saturated carbocycles. The number of aromatic nitrogens is 1. The first-order chi connectivity index (χ1) is 16.1. The maximum Gasteiger partial charge on any atom is 0.278 e. The van der Waals surface area contributed by atoms with Gasteiger partial charge in [0, 0.05) is 17.8 Å². The Bertz CT molecular complexity index is 1330. The molecular weight excluding hydrogens is 418 g/mol. The maximum atomic E-state index is 13.6. The lowest BCUT2D eigenvalue weighted by Crippen LogP contribution is -2.58. The van der Waals surface area contributed by atoms with Gasteiger partial charge in [-0.15, -0.1) is 0 Å². The number of ether oxygens (including phenoxy) is 1. The van der Waals surface area contributed by atoms with Crippen LogP contribution >= 0.6 is 0 Å². The number of carbonyl (C=O) groups excluding carboxylic acids is 1. The van der Waals surface area contributed by atoms with Crippen molar-refractivity contribution in [2.24, 2.45) is 0 Å². The number of pyridine rings is 1. The van der Waals surface area contributed by atoms with E-state index in [2.05, 4.69) is 0 Å². The average Bonchev–Trinajstić information content (AvgIpc) is 3.62. The first-order valence-corrected chi connectivity index (χ1v) is 11.1. The summed E-state index contributed by atoms with van der Waals surface area (Å²) in [5.74, 6) is -0.120. The van der Waals surface area contributed by atoms with E-state index >= 15 is 0 Å². The maximum absolute atomic E-state index is 13.6. The second-order valence-electron chi connectivity index (χ2n) is 8.70. The number of hydrogen-bond acceptors (Lipinski definition) is 5. The van der Waals surface area contributed by atoms with Gasteiger partial charge >= 0.3 is 0 Å². The van der Waals surface area contributed by atoms with E-state index in [0.29, 0.717) is 13.3 Å². The highest BCUT2D eigenvalue weighted by atomic mass is 16.5. The predicted octanol–water partition coefficient (Wildman–Crippen LogP) is 3.18. The van der Waals surface area contributed by atoms with Gasteiger partial charge in [-0.3, -0.25) is 19.3 Å². The largest absolute Gasteiger partial charge is 0.502 e. The lowest BCUT2D eigenvalue weighted by atomic mass is 9.97. The highest BCUT2D eigenvalue weighted by Crippen LogP contribution is 2.47. The van der Waals surface area contributed by atoms with Crippen molar-refractivity contribution in [1.29, 1.82) is 0 Å². The van der Waals surface area contributed by atoms with Crippen molar-refractivity contribution in [2.45, 2.75) is 24.4 Å². The number of nitrogens with zero attached hydrogens (tertiary/aromatic N) is 3. The van der Waals surface area contributed by atoms with Gasteiger partial charge in [0.05, 0.1) is 5.54 Å². The topological polar surface area (TPSA) is 75.0 Å². The van der Waals surface area contributed by atoms with Crippen LogP contribution in [0.1, 0.15) is 40.5 Å². The van der Waals surface area contributed by atoms with Crippen LogP contribution in [-0.2, 0) is 0 Å². The van der Waals surface area contributed by atoms with E-state index in [1.165, 1.54) is 6.07 Å². The van der Waals surface area contributed by atoms with Gasteiger partial charge in [0.2, 0.25) is 5.43 Å². The van der Waals surface area contributed by atoms with E-state index in [-0.39, 0.29) is 17.6 Å². The summed E-state index contributed by atoms with van der Waals surface area (Å²) in [5, 5.41) is 12.7. The Morgan fingerprint density at radius 3 is 2.52 bits per heavy atom. The lowest BCUT2D eigenvalue weighted by Gasteiger charge is -2.46. The van der Waals surface area contributed by atoms with Gasteiger partial charge in [-0.25, -0.2) is 0 Å². The molecule has 7 heteroatoms. The summed E-state index contributed by atoms with van der Waals surface area (Å²) in [7, 11) is 0. The van der Waals surface area contributed by atoms with Crippen molar-refractivity contribution in [2.75, 3.05) is 18.3 Å². The van der Waals surface area contributed by atoms with Gasteiger partial charge in [0.25, 0.3) is 5.91 Å². The molecule has 1 aliphatic carbocycles. The van der Waals surface area contributed by atoms with Gasteiger partial charge in [-0.05, 0) is 30.5 Å². The van der Waals surface area contributed by atoms with Crippen LogP contribution in [0.15, 0.2) is 83.8 Å².